The van der Waals surface area contributed by atoms with E-state index in [1.165, 1.54) is 26.2 Å². The minimum absolute atomic E-state index is 0.796. The number of hydrogen-bond acceptors (Lipinski definition) is 3. The number of likely N-dealkylation sites (N-methyl/N-ethyl adjacent to an activating group) is 1. The monoisotopic (exact) mass is 233 g/mol. The Kier molecular flexibility index (Phi) is 4.83. The molecule has 0 spiro atoms. The molecule has 3 heteroatoms. The maximum absolute atomic E-state index is 5.65. The first-order chi connectivity index (χ1) is 8.34. The molecule has 17 heavy (non-hydrogen) atoms. The molecular weight excluding hydrogens is 212 g/mol. The largest absolute Gasteiger partial charge is 0.494 e. The lowest BCUT2D eigenvalue weighted by Crippen LogP contribution is -2.44. The van der Waals surface area contributed by atoms with Crippen molar-refractivity contribution in [2.24, 2.45) is 0 Å². The zero-order chi connectivity index (χ0) is 11.9. The van der Waals surface area contributed by atoms with Crippen LogP contribution >= 0.6 is 0 Å². The fourth-order valence-electron chi connectivity index (χ4n) is 2.02. The van der Waals surface area contributed by atoms with E-state index in [1.54, 1.807) is 0 Å². The second kappa shape index (κ2) is 6.62. The summed E-state index contributed by atoms with van der Waals surface area (Å²) in [5.41, 5.74) is 0. The second-order valence-electron chi connectivity index (χ2n) is 4.59. The highest BCUT2D eigenvalue weighted by atomic mass is 16.5. The molecule has 3 nitrogen and oxygen atoms in total. The van der Waals surface area contributed by atoms with Gasteiger partial charge in [0.15, 0.2) is 0 Å². The number of rotatable bonds is 5. The fraction of sp³-hybridized carbons (Fsp3) is 0.571. The summed E-state index contributed by atoms with van der Waals surface area (Å²) < 4.78 is 5.65. The Balaban J connectivity index is 1.57. The molecule has 1 fully saturated rings. The summed E-state index contributed by atoms with van der Waals surface area (Å²) in [4.78, 5) is 4.90. The molecule has 0 aromatic heterocycles. The van der Waals surface area contributed by atoms with Crippen molar-refractivity contribution in [2.75, 3.05) is 46.4 Å². The molecule has 0 aliphatic carbocycles. The molecule has 0 amide bonds. The van der Waals surface area contributed by atoms with E-state index < -0.39 is 0 Å². The van der Waals surface area contributed by atoms with Crippen molar-refractivity contribution in [3.63, 3.8) is 0 Å². The van der Waals surface area contributed by atoms with Gasteiger partial charge in [0.1, 0.15) is 5.75 Å². The van der Waals surface area contributed by atoms with Crippen LogP contribution in [-0.4, -0.2) is 56.2 Å². The summed E-state index contributed by atoms with van der Waals surface area (Å²) >= 11 is 0. The maximum Gasteiger partial charge on any atom is 0.119 e. The summed E-state index contributed by atoms with van der Waals surface area (Å²) in [7, 11) is 2.19. The molecule has 0 saturated carbocycles. The van der Waals surface area contributed by atoms with Crippen molar-refractivity contribution < 1.29 is 4.74 Å². The Morgan fingerprint density at radius 1 is 1.29 bits per heavy atom. The van der Waals surface area contributed by atoms with E-state index in [0.717, 1.165) is 25.3 Å². The molecule has 1 heterocycles. The highest BCUT2D eigenvalue weighted by Crippen LogP contribution is 2.08. The molecule has 1 aliphatic heterocycles. The Morgan fingerprint density at radius 2 is 2.12 bits per heavy atom. The van der Waals surface area contributed by atoms with Crippen LogP contribution in [0.4, 0.5) is 0 Å². The van der Waals surface area contributed by atoms with Gasteiger partial charge in [-0.15, -0.1) is 0 Å². The summed E-state index contributed by atoms with van der Waals surface area (Å²) in [6.45, 7) is 6.70. The lowest BCUT2D eigenvalue weighted by Gasteiger charge is -2.32. The van der Waals surface area contributed by atoms with E-state index in [-0.39, 0.29) is 0 Å². The van der Waals surface area contributed by atoms with Crippen LogP contribution in [0.5, 0.6) is 5.75 Å². The molecule has 2 rings (SSSR count). The Morgan fingerprint density at radius 3 is 2.82 bits per heavy atom. The van der Waals surface area contributed by atoms with Gasteiger partial charge in [0, 0.05) is 32.7 Å². The number of ether oxygens (including phenoxy) is 1. The molecule has 0 bridgehead atoms. The van der Waals surface area contributed by atoms with Crippen LogP contribution in [0.3, 0.4) is 0 Å². The first kappa shape index (κ1) is 12.4. The number of benzene rings is 1. The number of piperazine rings is 1. The third-order valence-electron chi connectivity index (χ3n) is 3.16. The van der Waals surface area contributed by atoms with E-state index in [4.69, 9.17) is 4.74 Å². The van der Waals surface area contributed by atoms with Gasteiger partial charge in [0.25, 0.3) is 0 Å². The Hall–Kier alpha value is -1.06. The molecule has 0 atom stereocenters. The third-order valence-corrected chi connectivity index (χ3v) is 3.16. The third kappa shape index (κ3) is 4.36. The van der Waals surface area contributed by atoms with E-state index in [1.807, 2.05) is 24.3 Å². The number of hydrogen-bond donors (Lipinski definition) is 0. The van der Waals surface area contributed by atoms with Gasteiger partial charge in [-0.05, 0) is 31.7 Å². The predicted molar refractivity (Wildman–Crippen MR) is 69.3 cm³/mol. The van der Waals surface area contributed by atoms with Crippen LogP contribution in [0.25, 0.3) is 0 Å². The smallest absolute Gasteiger partial charge is 0.119 e. The molecule has 93 valence electrons. The van der Waals surface area contributed by atoms with Gasteiger partial charge in [0.2, 0.25) is 0 Å². The van der Waals surface area contributed by atoms with E-state index in [0.29, 0.717) is 0 Å². The lowest BCUT2D eigenvalue weighted by atomic mass is 10.3. The molecule has 1 saturated heterocycles. The average Bonchev–Trinajstić information content (AvgIpc) is 2.38. The molecule has 0 unspecified atom stereocenters. The van der Waals surface area contributed by atoms with Gasteiger partial charge >= 0.3 is 0 Å². The molecule has 1 aliphatic rings. The van der Waals surface area contributed by atoms with Crippen LogP contribution in [-0.2, 0) is 0 Å². The average molecular weight is 233 g/mol. The minimum Gasteiger partial charge on any atom is -0.494 e. The van der Waals surface area contributed by atoms with Crippen molar-refractivity contribution in [1.29, 1.82) is 0 Å². The van der Waals surface area contributed by atoms with Gasteiger partial charge in [-0.3, -0.25) is 0 Å². The molecular formula is C14H21N2O. The molecule has 1 aromatic rings. The molecule has 0 N–H and O–H groups in total. The van der Waals surface area contributed by atoms with Crippen molar-refractivity contribution >= 4 is 0 Å². The van der Waals surface area contributed by atoms with Gasteiger partial charge < -0.3 is 14.5 Å². The van der Waals surface area contributed by atoms with Crippen LogP contribution in [0, 0.1) is 6.07 Å². The van der Waals surface area contributed by atoms with Crippen LogP contribution in [0.1, 0.15) is 6.42 Å². The number of nitrogens with zero attached hydrogens (tertiary/aromatic N) is 2. The second-order valence-corrected chi connectivity index (χ2v) is 4.59. The minimum atomic E-state index is 0.796. The van der Waals surface area contributed by atoms with Crippen molar-refractivity contribution in [3.8, 4) is 5.75 Å². The standard InChI is InChI=1S/C14H21N2O/c1-15-9-11-16(12-10-15)8-5-13-17-14-6-3-2-4-7-14/h2-3,6-7H,5,8-13H2,1H3. The van der Waals surface area contributed by atoms with Crippen molar-refractivity contribution in [1.82, 2.24) is 9.80 Å². The highest BCUT2D eigenvalue weighted by molar-refractivity contribution is 5.19. The van der Waals surface area contributed by atoms with Gasteiger partial charge in [-0.2, -0.15) is 0 Å². The van der Waals surface area contributed by atoms with Crippen molar-refractivity contribution in [3.05, 3.63) is 30.3 Å². The SMILES string of the molecule is CN1CCN(CCCOc2c[c]ccc2)CC1. The first-order valence-electron chi connectivity index (χ1n) is 6.34. The van der Waals surface area contributed by atoms with Crippen molar-refractivity contribution in [2.45, 2.75) is 6.42 Å². The summed E-state index contributed by atoms with van der Waals surface area (Å²) in [5.74, 6) is 0.922. The highest BCUT2D eigenvalue weighted by Gasteiger charge is 2.12. The summed E-state index contributed by atoms with van der Waals surface area (Å²) in [6.07, 6.45) is 1.10. The van der Waals surface area contributed by atoms with Gasteiger partial charge in [0.05, 0.1) is 6.61 Å². The van der Waals surface area contributed by atoms with Crippen LogP contribution < -0.4 is 4.74 Å². The van der Waals surface area contributed by atoms with E-state index >= 15 is 0 Å². The summed E-state index contributed by atoms with van der Waals surface area (Å²) in [6, 6.07) is 10.7. The van der Waals surface area contributed by atoms with E-state index in [2.05, 4.69) is 22.9 Å². The van der Waals surface area contributed by atoms with Gasteiger partial charge in [-0.1, -0.05) is 12.1 Å². The van der Waals surface area contributed by atoms with Crippen LogP contribution in [0.15, 0.2) is 24.3 Å². The Labute approximate surface area is 104 Å². The zero-order valence-corrected chi connectivity index (χ0v) is 10.6. The lowest BCUT2D eigenvalue weighted by molar-refractivity contribution is 0.145. The fourth-order valence-corrected chi connectivity index (χ4v) is 2.02. The quantitative estimate of drug-likeness (QED) is 0.717. The van der Waals surface area contributed by atoms with E-state index in [9.17, 15) is 0 Å². The van der Waals surface area contributed by atoms with Gasteiger partial charge in [-0.25, -0.2) is 0 Å². The summed E-state index contributed by atoms with van der Waals surface area (Å²) in [5, 5.41) is 0. The zero-order valence-electron chi connectivity index (χ0n) is 10.6. The topological polar surface area (TPSA) is 15.7 Å². The Bertz CT molecular complexity index is 307. The predicted octanol–water partition coefficient (Wildman–Crippen LogP) is 1.50. The maximum atomic E-state index is 5.65. The normalized spacial score (nSPS) is 18.2. The molecule has 1 radical (unpaired) electrons. The molecule has 1 aromatic carbocycles. The first-order valence-corrected chi connectivity index (χ1v) is 6.34. The van der Waals surface area contributed by atoms with Crippen LogP contribution in [0.2, 0.25) is 0 Å².